The quantitative estimate of drug-likeness (QED) is 0.669. The SMILES string of the molecule is CC(C)(C)COCc1ccc(F)c(Oc2ccc(Cl)cc2Cl)n1. The summed E-state index contributed by atoms with van der Waals surface area (Å²) < 4.78 is 24.9. The summed E-state index contributed by atoms with van der Waals surface area (Å²) in [6.45, 7) is 7.07. The molecule has 0 radical (unpaired) electrons. The molecule has 3 nitrogen and oxygen atoms in total. The molecule has 1 aromatic carbocycles. The maximum atomic E-state index is 13.9. The van der Waals surface area contributed by atoms with Crippen LogP contribution < -0.4 is 4.74 Å². The zero-order chi connectivity index (χ0) is 17.0. The van der Waals surface area contributed by atoms with Crippen molar-refractivity contribution in [2.45, 2.75) is 27.4 Å². The first-order chi connectivity index (χ1) is 10.7. The molecule has 0 fully saturated rings. The van der Waals surface area contributed by atoms with Crippen LogP contribution in [0.25, 0.3) is 0 Å². The van der Waals surface area contributed by atoms with Crippen molar-refractivity contribution in [3.8, 4) is 11.6 Å². The molecule has 23 heavy (non-hydrogen) atoms. The van der Waals surface area contributed by atoms with Gasteiger partial charge in [0.25, 0.3) is 5.88 Å². The fourth-order valence-corrected chi connectivity index (χ4v) is 2.18. The van der Waals surface area contributed by atoms with E-state index in [1.54, 1.807) is 18.2 Å². The summed E-state index contributed by atoms with van der Waals surface area (Å²) in [5, 5.41) is 0.758. The number of hydrogen-bond donors (Lipinski definition) is 0. The van der Waals surface area contributed by atoms with Gasteiger partial charge >= 0.3 is 0 Å². The minimum Gasteiger partial charge on any atom is -0.435 e. The van der Waals surface area contributed by atoms with Crippen LogP contribution in [-0.4, -0.2) is 11.6 Å². The normalized spacial score (nSPS) is 11.6. The largest absolute Gasteiger partial charge is 0.435 e. The summed E-state index contributed by atoms with van der Waals surface area (Å²) in [5.41, 5.74) is 0.631. The average Bonchev–Trinajstić information content (AvgIpc) is 2.44. The van der Waals surface area contributed by atoms with Gasteiger partial charge in [0.05, 0.1) is 23.9 Å². The van der Waals surface area contributed by atoms with Crippen LogP contribution in [0.15, 0.2) is 30.3 Å². The third-order valence-corrected chi connectivity index (χ3v) is 3.29. The molecule has 1 heterocycles. The van der Waals surface area contributed by atoms with E-state index in [9.17, 15) is 4.39 Å². The van der Waals surface area contributed by atoms with Crippen molar-refractivity contribution < 1.29 is 13.9 Å². The van der Waals surface area contributed by atoms with E-state index in [0.717, 1.165) is 0 Å². The van der Waals surface area contributed by atoms with E-state index in [1.165, 1.54) is 12.1 Å². The third-order valence-electron chi connectivity index (χ3n) is 2.76. The molecule has 2 aromatic rings. The van der Waals surface area contributed by atoms with Crippen LogP contribution in [0.5, 0.6) is 11.6 Å². The topological polar surface area (TPSA) is 31.4 Å². The minimum atomic E-state index is -0.574. The van der Waals surface area contributed by atoms with E-state index in [1.807, 2.05) is 0 Å². The molecule has 0 N–H and O–H groups in total. The summed E-state index contributed by atoms with van der Waals surface area (Å²) in [5.74, 6) is -0.433. The lowest BCUT2D eigenvalue weighted by Crippen LogP contribution is -2.14. The smallest absolute Gasteiger partial charge is 0.256 e. The van der Waals surface area contributed by atoms with Gasteiger partial charge in [-0.25, -0.2) is 9.37 Å². The van der Waals surface area contributed by atoms with Gasteiger partial charge in [-0.2, -0.15) is 0 Å². The van der Waals surface area contributed by atoms with Crippen LogP contribution in [0.1, 0.15) is 26.5 Å². The Labute approximate surface area is 145 Å². The predicted octanol–water partition coefficient (Wildman–Crippen LogP) is 5.88. The van der Waals surface area contributed by atoms with E-state index >= 15 is 0 Å². The van der Waals surface area contributed by atoms with E-state index < -0.39 is 5.82 Å². The van der Waals surface area contributed by atoms with Crippen LogP contribution >= 0.6 is 23.2 Å². The Balaban J connectivity index is 2.11. The number of benzene rings is 1. The number of aromatic nitrogens is 1. The molecule has 0 spiro atoms. The Morgan fingerprint density at radius 1 is 1.13 bits per heavy atom. The summed E-state index contributed by atoms with van der Waals surface area (Å²) in [7, 11) is 0. The fraction of sp³-hybridized carbons (Fsp3) is 0.353. The van der Waals surface area contributed by atoms with Crippen LogP contribution in [-0.2, 0) is 11.3 Å². The summed E-state index contributed by atoms with van der Waals surface area (Å²) in [6, 6.07) is 7.55. The molecule has 0 aliphatic carbocycles. The number of ether oxygens (including phenoxy) is 2. The van der Waals surface area contributed by atoms with Gasteiger partial charge in [-0.15, -0.1) is 0 Å². The van der Waals surface area contributed by atoms with Crippen molar-refractivity contribution in [1.82, 2.24) is 4.98 Å². The van der Waals surface area contributed by atoms with Gasteiger partial charge in [0.15, 0.2) is 5.82 Å². The van der Waals surface area contributed by atoms with Gasteiger partial charge in [-0.05, 0) is 35.7 Å². The number of rotatable bonds is 5. The van der Waals surface area contributed by atoms with Gasteiger partial charge in [-0.1, -0.05) is 44.0 Å². The van der Waals surface area contributed by atoms with E-state index in [0.29, 0.717) is 17.3 Å². The minimum absolute atomic E-state index is 0.0518. The zero-order valence-electron chi connectivity index (χ0n) is 13.2. The van der Waals surface area contributed by atoms with Gasteiger partial charge in [0.1, 0.15) is 5.75 Å². The molecular weight excluding hydrogens is 340 g/mol. The van der Waals surface area contributed by atoms with Gasteiger partial charge in [0.2, 0.25) is 0 Å². The van der Waals surface area contributed by atoms with E-state index in [-0.39, 0.29) is 28.7 Å². The van der Waals surface area contributed by atoms with Crippen molar-refractivity contribution >= 4 is 23.2 Å². The van der Waals surface area contributed by atoms with Crippen molar-refractivity contribution in [2.24, 2.45) is 5.41 Å². The Hall–Kier alpha value is -1.36. The van der Waals surface area contributed by atoms with Crippen LogP contribution in [0.2, 0.25) is 10.0 Å². The zero-order valence-corrected chi connectivity index (χ0v) is 14.7. The molecule has 2 rings (SSSR count). The molecule has 0 saturated carbocycles. The average molecular weight is 358 g/mol. The molecule has 0 atom stereocenters. The second kappa shape index (κ2) is 7.47. The van der Waals surface area contributed by atoms with Crippen LogP contribution in [0.3, 0.4) is 0 Å². The summed E-state index contributed by atoms with van der Waals surface area (Å²) >= 11 is 11.8. The number of hydrogen-bond acceptors (Lipinski definition) is 3. The first-order valence-electron chi connectivity index (χ1n) is 7.11. The van der Waals surface area contributed by atoms with Gasteiger partial charge in [-0.3, -0.25) is 0 Å². The number of nitrogens with zero attached hydrogens (tertiary/aromatic N) is 1. The number of pyridine rings is 1. The molecule has 0 saturated heterocycles. The van der Waals surface area contributed by atoms with Crippen molar-refractivity contribution in [1.29, 1.82) is 0 Å². The predicted molar refractivity (Wildman–Crippen MR) is 89.8 cm³/mol. The third kappa shape index (κ3) is 5.65. The Morgan fingerprint density at radius 3 is 2.52 bits per heavy atom. The van der Waals surface area contributed by atoms with Crippen LogP contribution in [0.4, 0.5) is 4.39 Å². The molecule has 1 aromatic heterocycles. The first kappa shape index (κ1) is 18.0. The molecule has 0 bridgehead atoms. The lowest BCUT2D eigenvalue weighted by Gasteiger charge is -2.18. The second-order valence-electron chi connectivity index (χ2n) is 6.32. The molecule has 0 aliphatic rings. The molecule has 0 aliphatic heterocycles. The summed E-state index contributed by atoms with van der Waals surface area (Å²) in [4.78, 5) is 4.14. The standard InChI is InChI=1S/C17H18Cl2FNO2/c1-17(2,3)10-22-9-12-5-6-14(20)16(21-12)23-15-7-4-11(18)8-13(15)19/h4-8H,9-10H2,1-3H3. The fourth-order valence-electron chi connectivity index (χ4n) is 1.74. The van der Waals surface area contributed by atoms with Crippen molar-refractivity contribution in [3.63, 3.8) is 0 Å². The highest BCUT2D eigenvalue weighted by molar-refractivity contribution is 6.35. The Kier molecular flexibility index (Phi) is 5.84. The number of halogens is 3. The van der Waals surface area contributed by atoms with E-state index in [4.69, 9.17) is 32.7 Å². The van der Waals surface area contributed by atoms with Crippen molar-refractivity contribution in [3.05, 3.63) is 51.9 Å². The maximum absolute atomic E-state index is 13.9. The molecule has 6 heteroatoms. The molecule has 124 valence electrons. The Morgan fingerprint density at radius 2 is 1.87 bits per heavy atom. The lowest BCUT2D eigenvalue weighted by molar-refractivity contribution is 0.0578. The van der Waals surface area contributed by atoms with Gasteiger partial charge < -0.3 is 9.47 Å². The second-order valence-corrected chi connectivity index (χ2v) is 7.16. The molecule has 0 unspecified atom stereocenters. The highest BCUT2D eigenvalue weighted by Gasteiger charge is 2.13. The summed E-state index contributed by atoms with van der Waals surface area (Å²) in [6.07, 6.45) is 0. The maximum Gasteiger partial charge on any atom is 0.256 e. The highest BCUT2D eigenvalue weighted by atomic mass is 35.5. The lowest BCUT2D eigenvalue weighted by atomic mass is 9.99. The monoisotopic (exact) mass is 357 g/mol. The molecule has 0 amide bonds. The Bertz CT molecular complexity index is 687. The first-order valence-corrected chi connectivity index (χ1v) is 7.86. The van der Waals surface area contributed by atoms with Crippen LogP contribution in [0, 0.1) is 11.2 Å². The van der Waals surface area contributed by atoms with Gasteiger partial charge in [0, 0.05) is 5.02 Å². The molecular formula is C17H18Cl2FNO2. The van der Waals surface area contributed by atoms with Crippen molar-refractivity contribution in [2.75, 3.05) is 6.61 Å². The van der Waals surface area contributed by atoms with E-state index in [2.05, 4.69) is 25.8 Å². The highest BCUT2D eigenvalue weighted by Crippen LogP contribution is 2.32.